The van der Waals surface area contributed by atoms with Gasteiger partial charge < -0.3 is 15.2 Å². The molecule has 3 heterocycles. The first kappa shape index (κ1) is 17.5. The van der Waals surface area contributed by atoms with E-state index in [1.54, 1.807) is 0 Å². The van der Waals surface area contributed by atoms with Crippen molar-refractivity contribution in [2.24, 2.45) is 12.5 Å². The molecule has 0 saturated carbocycles. The standard InChI is InChI=1S/C21H25N5O/c1-12-8-14(26-13(2)21(3,4)9-17(26)27)6-7-15(12)16-10-25(5)20-18(16)19(22)23-11-24-20/h6-8,10-11,13H,9H2,1-5H3,(H2,22,23,24). The van der Waals surface area contributed by atoms with E-state index in [1.807, 2.05) is 28.8 Å². The number of amides is 1. The molecule has 1 atom stereocenters. The van der Waals surface area contributed by atoms with Gasteiger partial charge in [-0.2, -0.15) is 0 Å². The maximum absolute atomic E-state index is 12.6. The maximum atomic E-state index is 12.6. The van der Waals surface area contributed by atoms with Crippen LogP contribution in [0.5, 0.6) is 0 Å². The van der Waals surface area contributed by atoms with E-state index < -0.39 is 0 Å². The number of nitrogen functional groups attached to an aromatic ring is 1. The number of hydrogen-bond donors (Lipinski definition) is 1. The predicted molar refractivity (Wildman–Crippen MR) is 108 cm³/mol. The number of nitrogens with two attached hydrogens (primary N) is 1. The molecule has 140 valence electrons. The van der Waals surface area contributed by atoms with Gasteiger partial charge in [0.05, 0.1) is 5.39 Å². The van der Waals surface area contributed by atoms with Gasteiger partial charge in [-0.1, -0.05) is 19.9 Å². The summed E-state index contributed by atoms with van der Waals surface area (Å²) in [6.45, 7) is 8.48. The van der Waals surface area contributed by atoms with Crippen LogP contribution < -0.4 is 10.6 Å². The Labute approximate surface area is 159 Å². The quantitative estimate of drug-likeness (QED) is 0.753. The first-order chi connectivity index (χ1) is 12.7. The molecule has 2 aromatic heterocycles. The number of fused-ring (bicyclic) bond motifs is 1. The molecule has 0 bridgehead atoms. The number of anilines is 2. The number of benzene rings is 1. The van der Waals surface area contributed by atoms with Crippen molar-refractivity contribution in [2.75, 3.05) is 10.6 Å². The summed E-state index contributed by atoms with van der Waals surface area (Å²) < 4.78 is 1.96. The van der Waals surface area contributed by atoms with E-state index in [0.717, 1.165) is 33.4 Å². The highest BCUT2D eigenvalue weighted by Gasteiger charge is 2.43. The number of nitrogens with zero attached hydrogens (tertiary/aromatic N) is 4. The highest BCUT2D eigenvalue weighted by Crippen LogP contribution is 2.41. The predicted octanol–water partition coefficient (Wildman–Crippen LogP) is 3.68. The third-order valence-electron chi connectivity index (χ3n) is 5.95. The number of rotatable bonds is 2. The molecule has 0 spiro atoms. The molecule has 4 rings (SSSR count). The fourth-order valence-electron chi connectivity index (χ4n) is 4.09. The lowest BCUT2D eigenvalue weighted by Crippen LogP contribution is -2.35. The van der Waals surface area contributed by atoms with Crippen LogP contribution in [0.1, 0.15) is 32.8 Å². The Balaban J connectivity index is 1.82. The molecule has 6 nitrogen and oxygen atoms in total. The van der Waals surface area contributed by atoms with Crippen molar-refractivity contribution in [1.82, 2.24) is 14.5 Å². The van der Waals surface area contributed by atoms with Gasteiger partial charge in [-0.3, -0.25) is 4.79 Å². The van der Waals surface area contributed by atoms with Crippen molar-refractivity contribution in [1.29, 1.82) is 0 Å². The maximum Gasteiger partial charge on any atom is 0.227 e. The molecule has 3 aromatic rings. The molecule has 1 aliphatic heterocycles. The molecule has 0 radical (unpaired) electrons. The second kappa shape index (κ2) is 5.81. The number of carbonyl (C=O) groups is 1. The van der Waals surface area contributed by atoms with Crippen LogP contribution in [0.25, 0.3) is 22.2 Å². The summed E-state index contributed by atoms with van der Waals surface area (Å²) in [5.41, 5.74) is 11.0. The van der Waals surface area contributed by atoms with E-state index in [1.165, 1.54) is 6.33 Å². The lowest BCUT2D eigenvalue weighted by Gasteiger charge is -2.29. The summed E-state index contributed by atoms with van der Waals surface area (Å²) in [4.78, 5) is 23.0. The van der Waals surface area contributed by atoms with Crippen molar-refractivity contribution >= 4 is 28.4 Å². The minimum Gasteiger partial charge on any atom is -0.383 e. The van der Waals surface area contributed by atoms with Crippen molar-refractivity contribution in [2.45, 2.75) is 40.2 Å². The Morgan fingerprint density at radius 1 is 1.22 bits per heavy atom. The first-order valence-electron chi connectivity index (χ1n) is 9.19. The van der Waals surface area contributed by atoms with E-state index in [2.05, 4.69) is 49.8 Å². The van der Waals surface area contributed by atoms with Gasteiger partial charge in [-0.25, -0.2) is 9.97 Å². The summed E-state index contributed by atoms with van der Waals surface area (Å²) in [5.74, 6) is 0.659. The minimum absolute atomic E-state index is 0.0227. The second-order valence-corrected chi connectivity index (χ2v) is 8.22. The zero-order valence-electron chi connectivity index (χ0n) is 16.4. The monoisotopic (exact) mass is 363 g/mol. The summed E-state index contributed by atoms with van der Waals surface area (Å²) in [5, 5.41) is 0.864. The van der Waals surface area contributed by atoms with Gasteiger partial charge >= 0.3 is 0 Å². The van der Waals surface area contributed by atoms with E-state index in [4.69, 9.17) is 5.73 Å². The Morgan fingerprint density at radius 2 is 1.96 bits per heavy atom. The van der Waals surface area contributed by atoms with E-state index in [9.17, 15) is 4.79 Å². The molecule has 1 fully saturated rings. The third-order valence-corrected chi connectivity index (χ3v) is 5.95. The van der Waals surface area contributed by atoms with E-state index in [-0.39, 0.29) is 17.4 Å². The van der Waals surface area contributed by atoms with Crippen LogP contribution in [0.2, 0.25) is 0 Å². The Hall–Kier alpha value is -2.89. The average molecular weight is 363 g/mol. The summed E-state index contributed by atoms with van der Waals surface area (Å²) in [6, 6.07) is 6.34. The summed E-state index contributed by atoms with van der Waals surface area (Å²) >= 11 is 0. The second-order valence-electron chi connectivity index (χ2n) is 8.22. The van der Waals surface area contributed by atoms with Crippen LogP contribution in [0.15, 0.2) is 30.7 Å². The van der Waals surface area contributed by atoms with Crippen LogP contribution >= 0.6 is 0 Å². The molecular weight excluding hydrogens is 338 g/mol. The molecule has 0 aliphatic carbocycles. The number of hydrogen-bond acceptors (Lipinski definition) is 4. The molecule has 1 aliphatic rings. The smallest absolute Gasteiger partial charge is 0.227 e. The van der Waals surface area contributed by atoms with E-state index in [0.29, 0.717) is 12.2 Å². The lowest BCUT2D eigenvalue weighted by atomic mass is 9.86. The van der Waals surface area contributed by atoms with Gasteiger partial charge in [0.25, 0.3) is 0 Å². The number of aromatic nitrogens is 3. The zero-order chi connectivity index (χ0) is 19.5. The van der Waals surface area contributed by atoms with Crippen molar-refractivity contribution in [3.8, 4) is 11.1 Å². The van der Waals surface area contributed by atoms with Crippen LogP contribution in [0.4, 0.5) is 11.5 Å². The van der Waals surface area contributed by atoms with Crippen molar-refractivity contribution in [3.63, 3.8) is 0 Å². The number of carbonyl (C=O) groups excluding carboxylic acids is 1. The Kier molecular flexibility index (Phi) is 3.77. The first-order valence-corrected chi connectivity index (χ1v) is 9.19. The van der Waals surface area contributed by atoms with Crippen LogP contribution in [-0.4, -0.2) is 26.5 Å². The highest BCUT2D eigenvalue weighted by atomic mass is 16.2. The van der Waals surface area contributed by atoms with Gasteiger partial charge in [-0.05, 0) is 42.5 Å². The van der Waals surface area contributed by atoms with Gasteiger partial charge in [0.1, 0.15) is 17.8 Å². The largest absolute Gasteiger partial charge is 0.383 e. The average Bonchev–Trinajstić information content (AvgIpc) is 3.02. The molecule has 1 unspecified atom stereocenters. The highest BCUT2D eigenvalue weighted by molar-refractivity contribution is 6.02. The SMILES string of the molecule is Cc1cc(N2C(=O)CC(C)(C)C2C)ccc1-c1cn(C)c2ncnc(N)c12. The molecule has 6 heteroatoms. The van der Waals surface area contributed by atoms with Crippen molar-refractivity contribution in [3.05, 3.63) is 36.3 Å². The topological polar surface area (TPSA) is 77.0 Å². The number of aryl methyl sites for hydroxylation is 2. The lowest BCUT2D eigenvalue weighted by molar-refractivity contribution is -0.117. The fraction of sp³-hybridized carbons (Fsp3) is 0.381. The molecular formula is C21H25N5O. The molecule has 1 saturated heterocycles. The Morgan fingerprint density at radius 3 is 2.59 bits per heavy atom. The van der Waals surface area contributed by atoms with Gasteiger partial charge in [-0.15, -0.1) is 0 Å². The molecule has 1 amide bonds. The van der Waals surface area contributed by atoms with Gasteiger partial charge in [0, 0.05) is 37.0 Å². The zero-order valence-corrected chi connectivity index (χ0v) is 16.4. The van der Waals surface area contributed by atoms with Crippen molar-refractivity contribution < 1.29 is 4.79 Å². The van der Waals surface area contributed by atoms with Gasteiger partial charge in [0.2, 0.25) is 5.91 Å². The van der Waals surface area contributed by atoms with Gasteiger partial charge in [0.15, 0.2) is 0 Å². The van der Waals surface area contributed by atoms with Crippen LogP contribution in [0.3, 0.4) is 0 Å². The Bertz CT molecular complexity index is 1070. The molecule has 1 aromatic carbocycles. The minimum atomic E-state index is -0.0227. The fourth-order valence-corrected chi connectivity index (χ4v) is 4.09. The summed E-state index contributed by atoms with van der Waals surface area (Å²) in [7, 11) is 1.95. The van der Waals surface area contributed by atoms with Crippen LogP contribution in [0, 0.1) is 12.3 Å². The molecule has 27 heavy (non-hydrogen) atoms. The molecule has 2 N–H and O–H groups in total. The normalized spacial score (nSPS) is 19.2. The third kappa shape index (κ3) is 2.59. The summed E-state index contributed by atoms with van der Waals surface area (Å²) in [6.07, 6.45) is 4.09. The van der Waals surface area contributed by atoms with Crippen LogP contribution in [-0.2, 0) is 11.8 Å². The van der Waals surface area contributed by atoms with E-state index >= 15 is 0 Å².